The van der Waals surface area contributed by atoms with E-state index in [0.717, 1.165) is 0 Å². The summed E-state index contributed by atoms with van der Waals surface area (Å²) in [5.41, 5.74) is 3.33. The fourth-order valence-electron chi connectivity index (χ4n) is 1.94. The molecule has 1 aromatic rings. The molecule has 1 aromatic carbocycles. The van der Waals surface area contributed by atoms with Gasteiger partial charge in [0.15, 0.2) is 0 Å². The van der Waals surface area contributed by atoms with E-state index < -0.39 is 4.92 Å². The van der Waals surface area contributed by atoms with Crippen molar-refractivity contribution in [3.05, 3.63) is 28.3 Å². The molecular formula is C13H22N4O3. The normalized spacial score (nSPS) is 12.8. The minimum absolute atomic E-state index is 0.0138. The highest BCUT2D eigenvalue weighted by Gasteiger charge is 2.24. The molecule has 0 aromatic heterocycles. The van der Waals surface area contributed by atoms with Crippen LogP contribution in [-0.4, -0.2) is 22.7 Å². The number of aliphatic hydroxyl groups excluding tert-OH is 1. The van der Waals surface area contributed by atoms with Crippen molar-refractivity contribution in [3.63, 3.8) is 0 Å². The Labute approximate surface area is 118 Å². The van der Waals surface area contributed by atoms with Crippen molar-refractivity contribution in [1.82, 2.24) is 0 Å². The van der Waals surface area contributed by atoms with E-state index >= 15 is 0 Å². The van der Waals surface area contributed by atoms with Crippen molar-refractivity contribution < 1.29 is 10.0 Å². The van der Waals surface area contributed by atoms with Gasteiger partial charge in [0, 0.05) is 30.5 Å². The van der Waals surface area contributed by atoms with Crippen LogP contribution in [0.1, 0.15) is 27.2 Å². The molecule has 1 rings (SSSR count). The molecule has 0 bridgehead atoms. The second kappa shape index (κ2) is 6.53. The van der Waals surface area contributed by atoms with Crippen molar-refractivity contribution >= 4 is 17.1 Å². The van der Waals surface area contributed by atoms with Crippen LogP contribution in [0.3, 0.4) is 0 Å². The second-order valence-corrected chi connectivity index (χ2v) is 5.75. The zero-order valence-corrected chi connectivity index (χ0v) is 12.0. The van der Waals surface area contributed by atoms with E-state index in [1.165, 1.54) is 12.1 Å². The molecule has 0 aliphatic heterocycles. The van der Waals surface area contributed by atoms with Crippen molar-refractivity contribution in [3.8, 4) is 0 Å². The SMILES string of the molecule is CC(C)(C)C(CCO)Nc1cc(NN)cc([N+](=O)[O-])c1. The highest BCUT2D eigenvalue weighted by molar-refractivity contribution is 5.63. The van der Waals surface area contributed by atoms with E-state index in [9.17, 15) is 10.1 Å². The molecule has 0 spiro atoms. The summed E-state index contributed by atoms with van der Waals surface area (Å²) in [6.45, 7) is 6.17. The van der Waals surface area contributed by atoms with Crippen molar-refractivity contribution in [1.29, 1.82) is 0 Å². The third kappa shape index (κ3) is 4.36. The molecule has 1 atom stereocenters. The molecule has 1 unspecified atom stereocenters. The minimum Gasteiger partial charge on any atom is -0.396 e. The van der Waals surface area contributed by atoms with Gasteiger partial charge in [-0.3, -0.25) is 16.0 Å². The lowest BCUT2D eigenvalue weighted by atomic mass is 9.84. The Morgan fingerprint density at radius 2 is 1.95 bits per heavy atom. The van der Waals surface area contributed by atoms with Crippen LogP contribution in [0.25, 0.3) is 0 Å². The number of rotatable bonds is 6. The third-order valence-corrected chi connectivity index (χ3v) is 3.10. The summed E-state index contributed by atoms with van der Waals surface area (Å²) in [7, 11) is 0. The van der Waals surface area contributed by atoms with Crippen molar-refractivity contribution in [2.75, 3.05) is 17.3 Å². The number of hydrogen-bond acceptors (Lipinski definition) is 6. The van der Waals surface area contributed by atoms with E-state index in [-0.39, 0.29) is 23.8 Å². The van der Waals surface area contributed by atoms with Crippen LogP contribution < -0.4 is 16.6 Å². The lowest BCUT2D eigenvalue weighted by molar-refractivity contribution is -0.384. The smallest absolute Gasteiger partial charge is 0.273 e. The first-order chi connectivity index (χ1) is 9.27. The number of nitrogens with two attached hydrogens (primary N) is 1. The summed E-state index contributed by atoms with van der Waals surface area (Å²) >= 11 is 0. The van der Waals surface area contributed by atoms with Crippen molar-refractivity contribution in [2.45, 2.75) is 33.2 Å². The molecular weight excluding hydrogens is 260 g/mol. The van der Waals surface area contributed by atoms with Gasteiger partial charge in [-0.2, -0.15) is 0 Å². The number of nitro benzene ring substituents is 1. The van der Waals surface area contributed by atoms with E-state index in [1.807, 2.05) is 20.8 Å². The molecule has 7 heteroatoms. The van der Waals surface area contributed by atoms with Crippen LogP contribution in [0, 0.1) is 15.5 Å². The first-order valence-corrected chi connectivity index (χ1v) is 6.41. The number of benzene rings is 1. The van der Waals surface area contributed by atoms with Gasteiger partial charge in [0.05, 0.1) is 10.6 Å². The summed E-state index contributed by atoms with van der Waals surface area (Å²) in [5.74, 6) is 5.32. The maximum absolute atomic E-state index is 10.9. The maximum atomic E-state index is 10.9. The van der Waals surface area contributed by atoms with E-state index in [1.54, 1.807) is 6.07 Å². The Morgan fingerprint density at radius 3 is 2.40 bits per heavy atom. The van der Waals surface area contributed by atoms with Gasteiger partial charge in [0.25, 0.3) is 5.69 Å². The van der Waals surface area contributed by atoms with Crippen LogP contribution in [0.15, 0.2) is 18.2 Å². The molecule has 0 saturated heterocycles. The predicted octanol–water partition coefficient (Wildman–Crippen LogP) is 2.09. The zero-order valence-electron chi connectivity index (χ0n) is 12.0. The van der Waals surface area contributed by atoms with Crippen LogP contribution in [0.4, 0.5) is 17.1 Å². The number of hydrazine groups is 1. The number of non-ortho nitro benzene ring substituents is 1. The number of aliphatic hydroxyl groups is 1. The molecule has 7 nitrogen and oxygen atoms in total. The molecule has 5 N–H and O–H groups in total. The molecule has 112 valence electrons. The van der Waals surface area contributed by atoms with Gasteiger partial charge < -0.3 is 15.8 Å². The van der Waals surface area contributed by atoms with Gasteiger partial charge in [-0.05, 0) is 17.9 Å². The maximum Gasteiger partial charge on any atom is 0.273 e. The summed E-state index contributed by atoms with van der Waals surface area (Å²) in [4.78, 5) is 10.4. The number of hydrogen-bond donors (Lipinski definition) is 4. The van der Waals surface area contributed by atoms with Gasteiger partial charge in [-0.1, -0.05) is 20.8 Å². The van der Waals surface area contributed by atoms with Crippen LogP contribution >= 0.6 is 0 Å². The van der Waals surface area contributed by atoms with Gasteiger partial charge in [0.1, 0.15) is 0 Å². The number of nitro groups is 1. The molecule has 0 aliphatic carbocycles. The Kier molecular flexibility index (Phi) is 5.29. The largest absolute Gasteiger partial charge is 0.396 e. The highest BCUT2D eigenvalue weighted by Crippen LogP contribution is 2.29. The average Bonchev–Trinajstić information content (AvgIpc) is 2.36. The van der Waals surface area contributed by atoms with Gasteiger partial charge in [0.2, 0.25) is 0 Å². The van der Waals surface area contributed by atoms with E-state index in [4.69, 9.17) is 10.9 Å². The van der Waals surface area contributed by atoms with Gasteiger partial charge in [-0.25, -0.2) is 0 Å². The molecule has 0 aliphatic rings. The molecule has 0 heterocycles. The van der Waals surface area contributed by atoms with Gasteiger partial charge >= 0.3 is 0 Å². The molecule has 0 fully saturated rings. The molecule has 0 saturated carbocycles. The standard InChI is InChI=1S/C13H22N4O3/c1-13(2,3)12(4-5-18)15-9-6-10(16-14)8-11(7-9)17(19)20/h6-8,12,15-16,18H,4-5,14H2,1-3H3. The lowest BCUT2D eigenvalue weighted by Gasteiger charge is -2.32. The fraction of sp³-hybridized carbons (Fsp3) is 0.538. The first kappa shape index (κ1) is 16.2. The van der Waals surface area contributed by atoms with E-state index in [2.05, 4.69) is 10.7 Å². The van der Waals surface area contributed by atoms with E-state index in [0.29, 0.717) is 17.8 Å². The number of nitrogen functional groups attached to an aromatic ring is 1. The van der Waals surface area contributed by atoms with Crippen LogP contribution in [0.2, 0.25) is 0 Å². The Hall–Kier alpha value is -1.86. The fourth-order valence-corrected chi connectivity index (χ4v) is 1.94. The first-order valence-electron chi connectivity index (χ1n) is 6.41. The lowest BCUT2D eigenvalue weighted by Crippen LogP contribution is -2.34. The minimum atomic E-state index is -0.468. The predicted molar refractivity (Wildman–Crippen MR) is 79.5 cm³/mol. The Bertz CT molecular complexity index is 471. The summed E-state index contributed by atoms with van der Waals surface area (Å²) in [5, 5.41) is 23.3. The van der Waals surface area contributed by atoms with Crippen LogP contribution in [-0.2, 0) is 0 Å². The summed E-state index contributed by atoms with van der Waals surface area (Å²) < 4.78 is 0. The topological polar surface area (TPSA) is 113 Å². The van der Waals surface area contributed by atoms with Crippen LogP contribution in [0.5, 0.6) is 0 Å². The molecule has 0 amide bonds. The Balaban J connectivity index is 3.05. The average molecular weight is 282 g/mol. The monoisotopic (exact) mass is 282 g/mol. The summed E-state index contributed by atoms with van der Waals surface area (Å²) in [6.07, 6.45) is 0.553. The number of nitrogens with zero attached hydrogens (tertiary/aromatic N) is 1. The van der Waals surface area contributed by atoms with Gasteiger partial charge in [-0.15, -0.1) is 0 Å². The number of anilines is 2. The molecule has 20 heavy (non-hydrogen) atoms. The third-order valence-electron chi connectivity index (χ3n) is 3.10. The summed E-state index contributed by atoms with van der Waals surface area (Å²) in [6, 6.07) is 4.50. The van der Waals surface area contributed by atoms with Crippen molar-refractivity contribution in [2.24, 2.45) is 11.3 Å². The number of nitrogens with one attached hydrogen (secondary N) is 2. The Morgan fingerprint density at radius 1 is 1.35 bits per heavy atom. The highest BCUT2D eigenvalue weighted by atomic mass is 16.6. The zero-order chi connectivity index (χ0) is 15.3. The second-order valence-electron chi connectivity index (χ2n) is 5.75. The quantitative estimate of drug-likeness (QED) is 0.361. The molecule has 0 radical (unpaired) electrons.